The molecule has 0 aliphatic rings. The van der Waals surface area contributed by atoms with Gasteiger partial charge in [-0.05, 0) is 20.8 Å². The minimum absolute atomic E-state index is 0.719. The van der Waals surface area contributed by atoms with Gasteiger partial charge in [0.1, 0.15) is 5.75 Å². The average Bonchev–Trinajstić information content (AvgIpc) is 2.74. The van der Waals surface area contributed by atoms with Crippen LogP contribution in [0.15, 0.2) is 12.4 Å². The number of aromatic nitrogens is 3. The molecular formula is C15H22N4O. The number of nitrogens with one attached hydrogen (secondary N) is 1. The molecule has 0 saturated carbocycles. The summed E-state index contributed by atoms with van der Waals surface area (Å²) in [5.41, 5.74) is 5.58. The van der Waals surface area contributed by atoms with Crippen molar-refractivity contribution in [3.05, 3.63) is 40.5 Å². The molecule has 0 saturated heterocycles. The molecule has 0 aliphatic carbocycles. The molecule has 0 bridgehead atoms. The summed E-state index contributed by atoms with van der Waals surface area (Å²) in [4.78, 5) is 4.48. The van der Waals surface area contributed by atoms with Gasteiger partial charge in [0.2, 0.25) is 0 Å². The van der Waals surface area contributed by atoms with Gasteiger partial charge < -0.3 is 10.1 Å². The summed E-state index contributed by atoms with van der Waals surface area (Å²) in [5, 5.41) is 7.65. The number of pyridine rings is 1. The van der Waals surface area contributed by atoms with Gasteiger partial charge in [0.15, 0.2) is 0 Å². The molecule has 108 valence electrons. The van der Waals surface area contributed by atoms with Crippen molar-refractivity contribution in [3.63, 3.8) is 0 Å². The predicted molar refractivity (Wildman–Crippen MR) is 78.8 cm³/mol. The van der Waals surface area contributed by atoms with Crippen LogP contribution < -0.4 is 10.1 Å². The highest BCUT2D eigenvalue weighted by molar-refractivity contribution is 5.41. The fraction of sp³-hybridized carbons (Fsp3) is 0.467. The van der Waals surface area contributed by atoms with Crippen LogP contribution in [-0.2, 0) is 20.1 Å². The highest BCUT2D eigenvalue weighted by Crippen LogP contribution is 2.23. The van der Waals surface area contributed by atoms with E-state index in [0.717, 1.165) is 35.7 Å². The van der Waals surface area contributed by atoms with Crippen molar-refractivity contribution in [2.75, 3.05) is 7.11 Å². The average molecular weight is 274 g/mol. The number of aryl methyl sites for hydroxylation is 2. The lowest BCUT2D eigenvalue weighted by atomic mass is 10.1. The van der Waals surface area contributed by atoms with Crippen LogP contribution in [0, 0.1) is 20.8 Å². The molecule has 0 atom stereocenters. The summed E-state index contributed by atoms with van der Waals surface area (Å²) in [6, 6.07) is 0. The van der Waals surface area contributed by atoms with Crippen LogP contribution in [0.1, 0.15) is 28.1 Å². The number of rotatable bonds is 5. The van der Waals surface area contributed by atoms with Crippen molar-refractivity contribution < 1.29 is 4.74 Å². The number of methoxy groups -OCH3 is 1. The molecule has 0 amide bonds. The van der Waals surface area contributed by atoms with Crippen molar-refractivity contribution in [1.29, 1.82) is 0 Å². The number of nitrogens with zero attached hydrogens (tertiary/aromatic N) is 3. The third-order valence-electron chi connectivity index (χ3n) is 3.69. The normalized spacial score (nSPS) is 10.8. The Hall–Kier alpha value is -1.88. The Morgan fingerprint density at radius 1 is 1.20 bits per heavy atom. The highest BCUT2D eigenvalue weighted by atomic mass is 16.5. The van der Waals surface area contributed by atoms with Crippen molar-refractivity contribution >= 4 is 0 Å². The minimum Gasteiger partial charge on any atom is -0.496 e. The second kappa shape index (κ2) is 6.05. The molecule has 0 fully saturated rings. The standard InChI is InChI=1S/C15H22N4O/c1-10-6-17-14(11(2)15(10)20-5)9-16-7-13-8-18-19(4)12(13)3/h6,8,16H,7,9H2,1-5H3. The Balaban J connectivity index is 2.03. The molecule has 0 radical (unpaired) electrons. The summed E-state index contributed by atoms with van der Waals surface area (Å²) < 4.78 is 7.31. The van der Waals surface area contributed by atoms with Gasteiger partial charge in [0.25, 0.3) is 0 Å². The SMILES string of the molecule is COc1c(C)cnc(CNCc2cnn(C)c2C)c1C. The van der Waals surface area contributed by atoms with Crippen molar-refractivity contribution in [1.82, 2.24) is 20.1 Å². The third-order valence-corrected chi connectivity index (χ3v) is 3.69. The van der Waals surface area contributed by atoms with Gasteiger partial charge in [-0.1, -0.05) is 0 Å². The van der Waals surface area contributed by atoms with E-state index in [0.29, 0.717) is 0 Å². The van der Waals surface area contributed by atoms with Crippen LogP contribution >= 0.6 is 0 Å². The summed E-state index contributed by atoms with van der Waals surface area (Å²) in [5.74, 6) is 0.925. The second-order valence-electron chi connectivity index (χ2n) is 5.03. The molecule has 5 nitrogen and oxygen atoms in total. The molecule has 2 heterocycles. The van der Waals surface area contributed by atoms with Gasteiger partial charge in [-0.25, -0.2) is 0 Å². The van der Waals surface area contributed by atoms with Gasteiger partial charge in [-0.2, -0.15) is 5.10 Å². The van der Waals surface area contributed by atoms with Crippen LogP contribution in [-0.4, -0.2) is 21.9 Å². The van der Waals surface area contributed by atoms with Gasteiger partial charge in [-0.3, -0.25) is 9.67 Å². The maximum Gasteiger partial charge on any atom is 0.128 e. The first kappa shape index (κ1) is 14.5. The Morgan fingerprint density at radius 2 is 1.95 bits per heavy atom. The number of hydrogen-bond donors (Lipinski definition) is 1. The molecule has 5 heteroatoms. The van der Waals surface area contributed by atoms with Crippen LogP contribution in [0.3, 0.4) is 0 Å². The van der Waals surface area contributed by atoms with Gasteiger partial charge in [0.05, 0.1) is 19.0 Å². The molecule has 2 aromatic heterocycles. The molecule has 0 unspecified atom stereocenters. The first-order valence-electron chi connectivity index (χ1n) is 6.71. The van der Waals surface area contributed by atoms with Crippen molar-refractivity contribution in [2.45, 2.75) is 33.9 Å². The Bertz CT molecular complexity index is 604. The van der Waals surface area contributed by atoms with Crippen molar-refractivity contribution in [2.24, 2.45) is 7.05 Å². The van der Waals surface area contributed by atoms with E-state index in [1.807, 2.05) is 38.0 Å². The van der Waals surface area contributed by atoms with E-state index in [1.165, 1.54) is 11.3 Å². The smallest absolute Gasteiger partial charge is 0.128 e. The fourth-order valence-electron chi connectivity index (χ4n) is 2.28. The lowest BCUT2D eigenvalue weighted by Crippen LogP contribution is -2.15. The van der Waals surface area contributed by atoms with E-state index in [4.69, 9.17) is 4.74 Å². The van der Waals surface area contributed by atoms with E-state index in [-0.39, 0.29) is 0 Å². The minimum atomic E-state index is 0.719. The molecule has 2 rings (SSSR count). The van der Waals surface area contributed by atoms with E-state index in [2.05, 4.69) is 22.3 Å². The van der Waals surface area contributed by atoms with Crippen molar-refractivity contribution in [3.8, 4) is 5.75 Å². The van der Waals surface area contributed by atoms with Crippen LogP contribution in [0.2, 0.25) is 0 Å². The Labute approximate surface area is 120 Å². The number of ether oxygens (including phenoxy) is 1. The largest absolute Gasteiger partial charge is 0.496 e. The molecule has 0 spiro atoms. The van der Waals surface area contributed by atoms with Gasteiger partial charge >= 0.3 is 0 Å². The summed E-state index contributed by atoms with van der Waals surface area (Å²) in [6.07, 6.45) is 3.76. The molecular weight excluding hydrogens is 252 g/mol. The van der Waals surface area contributed by atoms with E-state index in [1.54, 1.807) is 7.11 Å². The first-order valence-corrected chi connectivity index (χ1v) is 6.71. The zero-order valence-corrected chi connectivity index (χ0v) is 12.8. The van der Waals surface area contributed by atoms with Gasteiger partial charge in [-0.15, -0.1) is 0 Å². The Kier molecular flexibility index (Phi) is 4.39. The molecule has 0 aliphatic heterocycles. The first-order chi connectivity index (χ1) is 9.54. The van der Waals surface area contributed by atoms with Crippen LogP contribution in [0.25, 0.3) is 0 Å². The summed E-state index contributed by atoms with van der Waals surface area (Å²) in [6.45, 7) is 7.64. The summed E-state index contributed by atoms with van der Waals surface area (Å²) >= 11 is 0. The van der Waals surface area contributed by atoms with Crippen LogP contribution in [0.5, 0.6) is 5.75 Å². The fourth-order valence-corrected chi connectivity index (χ4v) is 2.28. The summed E-state index contributed by atoms with van der Waals surface area (Å²) in [7, 11) is 3.65. The molecule has 1 N–H and O–H groups in total. The predicted octanol–water partition coefficient (Wildman–Crippen LogP) is 2.04. The van der Waals surface area contributed by atoms with E-state index >= 15 is 0 Å². The number of hydrogen-bond acceptors (Lipinski definition) is 4. The lowest BCUT2D eigenvalue weighted by Gasteiger charge is -2.12. The lowest BCUT2D eigenvalue weighted by molar-refractivity contribution is 0.406. The molecule has 2 aromatic rings. The zero-order valence-electron chi connectivity index (χ0n) is 12.8. The maximum atomic E-state index is 5.42. The van der Waals surface area contributed by atoms with Gasteiger partial charge in [0, 0.05) is 48.7 Å². The molecule has 0 aromatic carbocycles. The topological polar surface area (TPSA) is 52.0 Å². The van der Waals surface area contributed by atoms with E-state index < -0.39 is 0 Å². The molecule has 20 heavy (non-hydrogen) atoms. The Morgan fingerprint density at radius 3 is 2.55 bits per heavy atom. The maximum absolute atomic E-state index is 5.42. The third kappa shape index (κ3) is 2.82. The second-order valence-corrected chi connectivity index (χ2v) is 5.03. The zero-order chi connectivity index (χ0) is 14.7. The quantitative estimate of drug-likeness (QED) is 0.906. The highest BCUT2D eigenvalue weighted by Gasteiger charge is 2.09. The monoisotopic (exact) mass is 274 g/mol. The van der Waals surface area contributed by atoms with Crippen LogP contribution in [0.4, 0.5) is 0 Å². The van der Waals surface area contributed by atoms with E-state index in [9.17, 15) is 0 Å².